The van der Waals surface area contributed by atoms with Crippen LogP contribution in [0.25, 0.3) is 11.5 Å². The number of aromatic nitrogens is 1. The molecule has 2 atom stereocenters. The van der Waals surface area contributed by atoms with Crippen LogP contribution in [0, 0.1) is 12.8 Å². The van der Waals surface area contributed by atoms with Crippen LogP contribution in [0.1, 0.15) is 38.1 Å². The highest BCUT2D eigenvalue weighted by Crippen LogP contribution is 2.22. The van der Waals surface area contributed by atoms with E-state index in [1.807, 2.05) is 44.3 Å². The number of nitrogens with one attached hydrogen (secondary N) is 2. The molecule has 1 saturated heterocycles. The molecule has 0 spiro atoms. The molecule has 1 aromatic carbocycles. The third-order valence-corrected chi connectivity index (χ3v) is 5.51. The first-order chi connectivity index (χ1) is 13.0. The van der Waals surface area contributed by atoms with Gasteiger partial charge in [0, 0.05) is 31.2 Å². The van der Waals surface area contributed by atoms with Crippen LogP contribution in [-0.2, 0) is 11.2 Å². The van der Waals surface area contributed by atoms with Crippen LogP contribution < -0.4 is 10.9 Å². The number of rotatable bonds is 7. The minimum Gasteiger partial charge on any atom is -0.441 e. The highest BCUT2D eigenvalue weighted by Gasteiger charge is 2.29. The summed E-state index contributed by atoms with van der Waals surface area (Å²) in [6.07, 6.45) is 2.37. The molecule has 6 heteroatoms. The highest BCUT2D eigenvalue weighted by atomic mass is 16.4. The molecule has 0 aliphatic carbocycles. The van der Waals surface area contributed by atoms with Crippen molar-refractivity contribution in [3.63, 3.8) is 0 Å². The van der Waals surface area contributed by atoms with Gasteiger partial charge in [-0.25, -0.2) is 4.98 Å². The van der Waals surface area contributed by atoms with Crippen LogP contribution in [0.15, 0.2) is 34.7 Å². The van der Waals surface area contributed by atoms with Gasteiger partial charge < -0.3 is 9.32 Å². The molecule has 3 rings (SSSR count). The lowest BCUT2D eigenvalue weighted by Crippen LogP contribution is -2.31. The molecule has 2 unspecified atom stereocenters. The van der Waals surface area contributed by atoms with Crippen molar-refractivity contribution in [2.24, 2.45) is 5.92 Å². The van der Waals surface area contributed by atoms with E-state index >= 15 is 0 Å². The molecule has 0 radical (unpaired) electrons. The number of carbonyl (C=O) groups excluding carboxylic acids is 1. The van der Waals surface area contributed by atoms with Crippen molar-refractivity contribution in [1.29, 1.82) is 0 Å². The Morgan fingerprint density at radius 2 is 1.85 bits per heavy atom. The van der Waals surface area contributed by atoms with Crippen LogP contribution in [-0.4, -0.2) is 41.5 Å². The van der Waals surface area contributed by atoms with Crippen molar-refractivity contribution >= 4 is 5.91 Å². The lowest BCUT2D eigenvalue weighted by atomic mass is 9.91. The zero-order valence-electron chi connectivity index (χ0n) is 16.7. The zero-order chi connectivity index (χ0) is 19.4. The summed E-state index contributed by atoms with van der Waals surface area (Å²) in [4.78, 5) is 18.9. The lowest BCUT2D eigenvalue weighted by molar-refractivity contribution is -0.129. The molecule has 2 heterocycles. The maximum atomic E-state index is 12.6. The Labute approximate surface area is 161 Å². The van der Waals surface area contributed by atoms with Gasteiger partial charge in [0.2, 0.25) is 11.8 Å². The fourth-order valence-electron chi connectivity index (χ4n) is 3.67. The lowest BCUT2D eigenvalue weighted by Gasteiger charge is -2.21. The van der Waals surface area contributed by atoms with Gasteiger partial charge >= 0.3 is 0 Å². The van der Waals surface area contributed by atoms with Crippen molar-refractivity contribution < 1.29 is 9.21 Å². The summed E-state index contributed by atoms with van der Waals surface area (Å²) in [6, 6.07) is 10.7. The van der Waals surface area contributed by atoms with Crippen LogP contribution in [0.4, 0.5) is 0 Å². The molecule has 1 aliphatic rings. The number of likely N-dealkylation sites (N-methyl/N-ethyl adjacent to an activating group) is 1. The normalized spacial score (nSPS) is 22.1. The number of amides is 1. The number of oxazole rings is 1. The van der Waals surface area contributed by atoms with E-state index < -0.39 is 0 Å². The second kappa shape index (κ2) is 8.67. The molecule has 2 aromatic rings. The molecule has 0 bridgehead atoms. The second-order valence-corrected chi connectivity index (χ2v) is 7.55. The highest BCUT2D eigenvalue weighted by molar-refractivity contribution is 5.78. The number of carbonyl (C=O) groups is 1. The summed E-state index contributed by atoms with van der Waals surface area (Å²) in [7, 11) is 1.87. The number of hydrogen-bond donors (Lipinski definition) is 2. The predicted molar refractivity (Wildman–Crippen MR) is 106 cm³/mol. The van der Waals surface area contributed by atoms with E-state index in [2.05, 4.69) is 29.7 Å². The minimum absolute atomic E-state index is 0.0785. The molecule has 27 heavy (non-hydrogen) atoms. The topological polar surface area (TPSA) is 70.4 Å². The van der Waals surface area contributed by atoms with Crippen molar-refractivity contribution in [2.75, 3.05) is 13.6 Å². The van der Waals surface area contributed by atoms with Gasteiger partial charge in [0.15, 0.2) is 0 Å². The SMILES string of the molecule is Cc1oc(-c2ccccc2)nc1CC(=O)N(C)CCCC1C(C)NNC1C. The maximum absolute atomic E-state index is 12.6. The number of aryl methyl sites for hydroxylation is 1. The van der Waals surface area contributed by atoms with Crippen LogP contribution in [0.5, 0.6) is 0 Å². The van der Waals surface area contributed by atoms with Crippen molar-refractivity contribution in [3.05, 3.63) is 41.8 Å². The van der Waals surface area contributed by atoms with Gasteiger partial charge in [-0.15, -0.1) is 0 Å². The van der Waals surface area contributed by atoms with E-state index in [1.54, 1.807) is 4.90 Å². The standard InChI is InChI=1S/C21H30N4O2/c1-14-18(15(2)24-23-14)11-8-12-25(4)20(26)13-19-16(3)27-21(22-19)17-9-6-5-7-10-17/h5-7,9-10,14-15,18,23-24H,8,11-13H2,1-4H3. The maximum Gasteiger partial charge on any atom is 0.228 e. The van der Waals surface area contributed by atoms with Gasteiger partial charge in [-0.2, -0.15) is 0 Å². The monoisotopic (exact) mass is 370 g/mol. The minimum atomic E-state index is 0.0785. The quantitative estimate of drug-likeness (QED) is 0.784. The molecule has 0 saturated carbocycles. The van der Waals surface area contributed by atoms with Gasteiger partial charge in [0.25, 0.3) is 0 Å². The van der Waals surface area contributed by atoms with Crippen LogP contribution >= 0.6 is 0 Å². The number of hydrogen-bond acceptors (Lipinski definition) is 5. The molecular weight excluding hydrogens is 340 g/mol. The summed E-state index contributed by atoms with van der Waals surface area (Å²) in [5.74, 6) is 1.96. The van der Waals surface area contributed by atoms with Crippen molar-refractivity contribution in [3.8, 4) is 11.5 Å². The Balaban J connectivity index is 1.52. The van der Waals surface area contributed by atoms with Gasteiger partial charge in [0.1, 0.15) is 5.76 Å². The number of hydrazine groups is 1. The fourth-order valence-corrected chi connectivity index (χ4v) is 3.67. The molecule has 1 aliphatic heterocycles. The van der Waals surface area contributed by atoms with Gasteiger partial charge in [-0.3, -0.25) is 15.6 Å². The molecular formula is C21H30N4O2. The van der Waals surface area contributed by atoms with Crippen molar-refractivity contribution in [1.82, 2.24) is 20.7 Å². The average molecular weight is 370 g/mol. The van der Waals surface area contributed by atoms with E-state index in [-0.39, 0.29) is 12.3 Å². The summed E-state index contributed by atoms with van der Waals surface area (Å²) < 4.78 is 5.76. The Bertz CT molecular complexity index is 749. The molecule has 1 fully saturated rings. The van der Waals surface area contributed by atoms with E-state index in [9.17, 15) is 4.79 Å². The molecule has 1 aromatic heterocycles. The summed E-state index contributed by atoms with van der Waals surface area (Å²) in [5, 5.41) is 0. The van der Waals surface area contributed by atoms with Crippen LogP contribution in [0.3, 0.4) is 0 Å². The molecule has 146 valence electrons. The molecule has 2 N–H and O–H groups in total. The first-order valence-corrected chi connectivity index (χ1v) is 9.72. The van der Waals surface area contributed by atoms with Gasteiger partial charge in [-0.05, 0) is 51.7 Å². The predicted octanol–water partition coefficient (Wildman–Crippen LogP) is 2.93. The van der Waals surface area contributed by atoms with E-state index in [0.29, 0.717) is 29.7 Å². The van der Waals surface area contributed by atoms with Gasteiger partial charge in [0.05, 0.1) is 12.1 Å². The average Bonchev–Trinajstić information content (AvgIpc) is 3.19. The van der Waals surface area contributed by atoms with Gasteiger partial charge in [-0.1, -0.05) is 18.2 Å². The zero-order valence-corrected chi connectivity index (χ0v) is 16.7. The third kappa shape index (κ3) is 4.76. The van der Waals surface area contributed by atoms with E-state index in [4.69, 9.17) is 4.42 Å². The Morgan fingerprint density at radius 3 is 2.52 bits per heavy atom. The number of benzene rings is 1. The van der Waals surface area contributed by atoms with Crippen molar-refractivity contribution in [2.45, 2.75) is 52.1 Å². The van der Waals surface area contributed by atoms with E-state index in [0.717, 1.165) is 30.6 Å². The Kier molecular flexibility index (Phi) is 6.29. The number of nitrogens with zero attached hydrogens (tertiary/aromatic N) is 2. The van der Waals surface area contributed by atoms with Crippen LogP contribution in [0.2, 0.25) is 0 Å². The largest absolute Gasteiger partial charge is 0.441 e. The van der Waals surface area contributed by atoms with E-state index in [1.165, 1.54) is 0 Å². The second-order valence-electron chi connectivity index (χ2n) is 7.55. The summed E-state index contributed by atoms with van der Waals surface area (Å²) in [6.45, 7) is 7.03. The molecule has 1 amide bonds. The first-order valence-electron chi connectivity index (χ1n) is 9.72. The first kappa shape index (κ1) is 19.6. The molecule has 6 nitrogen and oxygen atoms in total. The summed E-state index contributed by atoms with van der Waals surface area (Å²) >= 11 is 0. The Morgan fingerprint density at radius 1 is 1.19 bits per heavy atom. The fraction of sp³-hybridized carbons (Fsp3) is 0.524. The third-order valence-electron chi connectivity index (χ3n) is 5.51. The summed E-state index contributed by atoms with van der Waals surface area (Å²) in [5.41, 5.74) is 8.22. The Hall–Kier alpha value is -2.18. The smallest absolute Gasteiger partial charge is 0.228 e.